The molecule has 1 aliphatic carbocycles. The van der Waals surface area contributed by atoms with E-state index < -0.39 is 24.3 Å². The van der Waals surface area contributed by atoms with Crippen LogP contribution in [0.2, 0.25) is 0 Å². The Hall–Kier alpha value is -2.03. The number of allylic oxidation sites excluding steroid dienone is 2. The number of esters is 2. The summed E-state index contributed by atoms with van der Waals surface area (Å²) in [5, 5.41) is 30.5. The summed E-state index contributed by atoms with van der Waals surface area (Å²) in [6.07, 6.45) is 23.1. The molecular formula is C38H66O8. The van der Waals surface area contributed by atoms with Crippen molar-refractivity contribution in [3.8, 4) is 0 Å². The lowest BCUT2D eigenvalue weighted by atomic mass is 9.90. The van der Waals surface area contributed by atoms with Crippen molar-refractivity contribution in [2.45, 2.75) is 167 Å². The summed E-state index contributed by atoms with van der Waals surface area (Å²) in [5.74, 6) is -0.499. The minimum Gasteiger partial charge on any atom is -0.463 e. The molecule has 0 amide bonds. The maximum absolute atomic E-state index is 12.4. The molecule has 266 valence electrons. The van der Waals surface area contributed by atoms with Gasteiger partial charge in [-0.05, 0) is 38.0 Å². The first-order valence-corrected chi connectivity index (χ1v) is 18.4. The van der Waals surface area contributed by atoms with Crippen molar-refractivity contribution in [2.24, 2.45) is 17.8 Å². The largest absolute Gasteiger partial charge is 0.463 e. The van der Waals surface area contributed by atoms with Crippen molar-refractivity contribution < 1.29 is 39.2 Å². The van der Waals surface area contributed by atoms with Crippen molar-refractivity contribution in [2.75, 3.05) is 13.2 Å². The number of ether oxygens (including phenoxy) is 2. The third kappa shape index (κ3) is 21.0. The van der Waals surface area contributed by atoms with E-state index in [0.29, 0.717) is 32.1 Å². The van der Waals surface area contributed by atoms with Crippen molar-refractivity contribution in [1.82, 2.24) is 0 Å². The molecule has 8 nitrogen and oxygen atoms in total. The first kappa shape index (κ1) is 42.0. The normalized spacial score (nSPS) is 20.4. The fourth-order valence-electron chi connectivity index (χ4n) is 5.81. The molecule has 1 saturated carbocycles. The van der Waals surface area contributed by atoms with Crippen LogP contribution in [0.1, 0.15) is 149 Å². The Bertz CT molecular complexity index is 869. The maximum Gasteiger partial charge on any atom is 0.305 e. The van der Waals surface area contributed by atoms with E-state index in [1.807, 2.05) is 12.2 Å². The molecule has 46 heavy (non-hydrogen) atoms. The van der Waals surface area contributed by atoms with Crippen LogP contribution in [0.3, 0.4) is 0 Å². The smallest absolute Gasteiger partial charge is 0.305 e. The minimum absolute atomic E-state index is 0.0314. The molecule has 1 unspecified atom stereocenters. The van der Waals surface area contributed by atoms with E-state index >= 15 is 0 Å². The Morgan fingerprint density at radius 1 is 0.826 bits per heavy atom. The van der Waals surface area contributed by atoms with Crippen LogP contribution in [0, 0.1) is 17.8 Å². The number of aliphatic hydroxyl groups is 3. The summed E-state index contributed by atoms with van der Waals surface area (Å²) in [4.78, 5) is 36.4. The molecule has 3 N–H and O–H groups in total. The Morgan fingerprint density at radius 3 is 2.04 bits per heavy atom. The second-order valence-corrected chi connectivity index (χ2v) is 13.4. The number of carbonyl (C=O) groups excluding carboxylic acids is 3. The van der Waals surface area contributed by atoms with Crippen molar-refractivity contribution in [3.05, 3.63) is 24.3 Å². The highest BCUT2D eigenvalue weighted by Gasteiger charge is 2.39. The van der Waals surface area contributed by atoms with E-state index in [9.17, 15) is 29.7 Å². The predicted molar refractivity (Wildman–Crippen MR) is 183 cm³/mol. The second kappa shape index (κ2) is 27.0. The number of rotatable bonds is 28. The molecule has 1 fully saturated rings. The lowest BCUT2D eigenvalue weighted by Gasteiger charge is -2.16. The zero-order valence-corrected chi connectivity index (χ0v) is 29.2. The van der Waals surface area contributed by atoms with Crippen LogP contribution < -0.4 is 0 Å². The van der Waals surface area contributed by atoms with E-state index in [-0.39, 0.29) is 49.6 Å². The Labute approximate surface area is 279 Å². The van der Waals surface area contributed by atoms with Gasteiger partial charge in [0.1, 0.15) is 25.1 Å². The summed E-state index contributed by atoms with van der Waals surface area (Å²) >= 11 is 0. The Kier molecular flexibility index (Phi) is 24.6. The molecule has 1 aliphatic rings. The fourth-order valence-corrected chi connectivity index (χ4v) is 5.81. The molecule has 0 aromatic heterocycles. The highest BCUT2D eigenvalue weighted by atomic mass is 16.6. The van der Waals surface area contributed by atoms with Gasteiger partial charge < -0.3 is 24.8 Å². The van der Waals surface area contributed by atoms with Crippen LogP contribution in [-0.2, 0) is 23.9 Å². The third-order valence-electron chi connectivity index (χ3n) is 9.10. The van der Waals surface area contributed by atoms with Crippen molar-refractivity contribution >= 4 is 17.7 Å². The molecule has 0 aliphatic heterocycles. The molecule has 0 radical (unpaired) electrons. The van der Waals surface area contributed by atoms with Gasteiger partial charge in [-0.25, -0.2) is 0 Å². The standard InChI is InChI=1S/C38H66O8/c1-4-6-15-21-31(39)25-26-34-33(35(41)27-36(34)42)22-17-13-14-19-24-38(44)46-29-32(40)28-45-37(43)23-18-12-10-8-7-9-11-16-20-30(3)5-2/h13,17,25-26,30-34,36,39-40,42H,4-12,14-16,18-24,27-29H2,1-3H3/b17-13-,26-25+/t30?,31-,32+,33+,34+,36+/m0/s1. The minimum atomic E-state index is -1.05. The number of unbranched alkanes of at least 4 members (excludes halogenated alkanes) is 10. The van der Waals surface area contributed by atoms with Crippen LogP contribution in [0.5, 0.6) is 0 Å². The van der Waals surface area contributed by atoms with Crippen molar-refractivity contribution in [3.63, 3.8) is 0 Å². The van der Waals surface area contributed by atoms with Gasteiger partial charge >= 0.3 is 11.9 Å². The SMILES string of the molecule is CCCCC[C@H](O)/C=C/[C@H]1[C@H](O)CC(=O)[C@@H]1C/C=C\CCCC(=O)OC[C@H](O)COC(=O)CCCCCCCCCCC(C)CC. The zero-order valence-electron chi connectivity index (χ0n) is 29.2. The van der Waals surface area contributed by atoms with Gasteiger partial charge in [-0.2, -0.15) is 0 Å². The highest BCUT2D eigenvalue weighted by molar-refractivity contribution is 5.84. The summed E-state index contributed by atoms with van der Waals surface area (Å²) in [7, 11) is 0. The van der Waals surface area contributed by atoms with E-state index in [2.05, 4.69) is 20.8 Å². The molecule has 0 spiro atoms. The van der Waals surface area contributed by atoms with Crippen LogP contribution in [0.25, 0.3) is 0 Å². The summed E-state index contributed by atoms with van der Waals surface area (Å²) in [6.45, 7) is 6.28. The molecule has 0 saturated heterocycles. The molecule has 0 bridgehead atoms. The lowest BCUT2D eigenvalue weighted by molar-refractivity contribution is -0.152. The number of ketones is 1. The molecule has 0 heterocycles. The molecule has 1 rings (SSSR count). The maximum atomic E-state index is 12.4. The van der Waals surface area contributed by atoms with Gasteiger partial charge in [-0.15, -0.1) is 0 Å². The van der Waals surface area contributed by atoms with Crippen LogP contribution in [0.4, 0.5) is 0 Å². The first-order valence-electron chi connectivity index (χ1n) is 18.4. The van der Waals surface area contributed by atoms with Crippen LogP contribution in [0.15, 0.2) is 24.3 Å². The van der Waals surface area contributed by atoms with Gasteiger partial charge in [0, 0.05) is 31.1 Å². The fraction of sp³-hybridized carbons (Fsp3) is 0.816. The number of hydrogen-bond donors (Lipinski definition) is 3. The van der Waals surface area contributed by atoms with Gasteiger partial charge in [0.25, 0.3) is 0 Å². The van der Waals surface area contributed by atoms with E-state index in [0.717, 1.165) is 44.4 Å². The van der Waals surface area contributed by atoms with E-state index in [4.69, 9.17) is 9.47 Å². The second-order valence-electron chi connectivity index (χ2n) is 13.4. The van der Waals surface area contributed by atoms with Gasteiger partial charge in [0.15, 0.2) is 0 Å². The summed E-state index contributed by atoms with van der Waals surface area (Å²) < 4.78 is 10.2. The van der Waals surface area contributed by atoms with E-state index in [1.54, 1.807) is 12.2 Å². The average molecular weight is 651 g/mol. The Morgan fingerprint density at radius 2 is 1.41 bits per heavy atom. The monoisotopic (exact) mass is 650 g/mol. The topological polar surface area (TPSA) is 130 Å². The number of aliphatic hydroxyl groups excluding tert-OH is 3. The number of hydrogen-bond acceptors (Lipinski definition) is 8. The molecule has 6 atom stereocenters. The van der Waals surface area contributed by atoms with Crippen LogP contribution >= 0.6 is 0 Å². The quantitative estimate of drug-likeness (QED) is 0.0449. The van der Waals surface area contributed by atoms with E-state index in [1.165, 1.54) is 44.9 Å². The molecule has 0 aromatic carbocycles. The van der Waals surface area contributed by atoms with Crippen molar-refractivity contribution in [1.29, 1.82) is 0 Å². The highest BCUT2D eigenvalue weighted by Crippen LogP contribution is 2.33. The molecule has 0 aromatic rings. The third-order valence-corrected chi connectivity index (χ3v) is 9.10. The molecule has 8 heteroatoms. The lowest BCUT2D eigenvalue weighted by Crippen LogP contribution is -2.25. The number of carbonyl (C=O) groups is 3. The van der Waals surface area contributed by atoms with Gasteiger partial charge in [0.2, 0.25) is 0 Å². The zero-order chi connectivity index (χ0) is 34.0. The first-order chi connectivity index (χ1) is 22.2. The van der Waals surface area contributed by atoms with Gasteiger partial charge in [-0.1, -0.05) is 122 Å². The predicted octanol–water partition coefficient (Wildman–Crippen LogP) is 7.56. The summed E-state index contributed by atoms with van der Waals surface area (Å²) in [5.41, 5.74) is 0. The average Bonchev–Trinajstić information content (AvgIpc) is 3.31. The number of Topliss-reactive ketones (excluding diaryl/α,β-unsaturated/α-hetero) is 1. The Balaban J connectivity index is 2.10. The summed E-state index contributed by atoms with van der Waals surface area (Å²) in [6, 6.07) is 0. The van der Waals surface area contributed by atoms with Gasteiger partial charge in [0.05, 0.1) is 12.2 Å². The molecular weight excluding hydrogens is 584 g/mol. The van der Waals surface area contributed by atoms with Crippen LogP contribution in [-0.4, -0.2) is 64.6 Å². The van der Waals surface area contributed by atoms with Gasteiger partial charge in [-0.3, -0.25) is 14.4 Å².